The predicted octanol–water partition coefficient (Wildman–Crippen LogP) is 4.85. The summed E-state index contributed by atoms with van der Waals surface area (Å²) < 4.78 is 15.6. The molecule has 0 N–H and O–H groups in total. The molecule has 1 aliphatic carbocycles. The molecule has 0 bridgehead atoms. The number of ketones is 1. The molecule has 2 aliphatic rings. The second kappa shape index (κ2) is 9.64. The van der Waals surface area contributed by atoms with Crippen LogP contribution in [0.3, 0.4) is 0 Å². The number of rotatable bonds is 5. The van der Waals surface area contributed by atoms with E-state index in [4.69, 9.17) is 14.2 Å². The lowest BCUT2D eigenvalue weighted by molar-refractivity contribution is -0.139. The van der Waals surface area contributed by atoms with Crippen LogP contribution in [0.4, 0.5) is 5.69 Å². The van der Waals surface area contributed by atoms with Crippen molar-refractivity contribution >= 4 is 23.4 Å². The molecule has 36 heavy (non-hydrogen) atoms. The Bertz CT molecular complexity index is 1270. The van der Waals surface area contributed by atoms with Crippen LogP contribution in [0.25, 0.3) is 0 Å². The van der Waals surface area contributed by atoms with Crippen LogP contribution < -0.4 is 9.64 Å². The summed E-state index contributed by atoms with van der Waals surface area (Å²) in [6.07, 6.45) is 0.777. The lowest BCUT2D eigenvalue weighted by atomic mass is 9.70. The van der Waals surface area contributed by atoms with Crippen LogP contribution in [-0.4, -0.2) is 39.1 Å². The van der Waals surface area contributed by atoms with E-state index in [1.165, 1.54) is 14.2 Å². The highest BCUT2D eigenvalue weighted by atomic mass is 16.5. The predicted molar refractivity (Wildman–Crippen MR) is 135 cm³/mol. The molecule has 2 aromatic rings. The molecule has 0 spiro atoms. The van der Waals surface area contributed by atoms with Crippen LogP contribution in [0.15, 0.2) is 70.9 Å². The molecule has 1 aliphatic heterocycles. The van der Waals surface area contributed by atoms with E-state index in [0.29, 0.717) is 17.9 Å². The number of aryl methyl sites for hydroxylation is 1. The Morgan fingerprint density at radius 2 is 1.50 bits per heavy atom. The van der Waals surface area contributed by atoms with Crippen molar-refractivity contribution in [3.63, 3.8) is 0 Å². The van der Waals surface area contributed by atoms with Gasteiger partial charge in [0.25, 0.3) is 0 Å². The zero-order valence-corrected chi connectivity index (χ0v) is 21.5. The van der Waals surface area contributed by atoms with Gasteiger partial charge >= 0.3 is 11.9 Å². The number of hydrogen-bond donors (Lipinski definition) is 0. The molecule has 188 valence electrons. The highest BCUT2D eigenvalue weighted by molar-refractivity contribution is 6.17. The van der Waals surface area contributed by atoms with Gasteiger partial charge in [0, 0.05) is 17.8 Å². The van der Waals surface area contributed by atoms with Gasteiger partial charge in [0.15, 0.2) is 5.78 Å². The van der Waals surface area contributed by atoms with Gasteiger partial charge in [0.2, 0.25) is 0 Å². The first kappa shape index (κ1) is 25.2. The van der Waals surface area contributed by atoms with Gasteiger partial charge in [0.05, 0.1) is 44.1 Å². The monoisotopic (exact) mass is 489 g/mol. The lowest BCUT2D eigenvalue weighted by Gasteiger charge is -2.46. The molecule has 1 atom stereocenters. The van der Waals surface area contributed by atoms with Crippen molar-refractivity contribution in [3.8, 4) is 5.75 Å². The van der Waals surface area contributed by atoms with E-state index in [2.05, 4.69) is 0 Å². The summed E-state index contributed by atoms with van der Waals surface area (Å²) in [5, 5.41) is 0. The first-order valence-electron chi connectivity index (χ1n) is 11.8. The van der Waals surface area contributed by atoms with Crippen molar-refractivity contribution in [2.45, 2.75) is 39.7 Å². The number of hydrogen-bond acceptors (Lipinski definition) is 7. The fourth-order valence-corrected chi connectivity index (χ4v) is 5.08. The summed E-state index contributed by atoms with van der Waals surface area (Å²) in [5.74, 6) is -0.981. The van der Waals surface area contributed by atoms with Gasteiger partial charge in [0.1, 0.15) is 5.75 Å². The molecule has 0 saturated heterocycles. The fourth-order valence-electron chi connectivity index (χ4n) is 5.08. The highest BCUT2D eigenvalue weighted by Gasteiger charge is 2.48. The van der Waals surface area contributed by atoms with Crippen molar-refractivity contribution in [1.82, 2.24) is 0 Å². The topological polar surface area (TPSA) is 82.1 Å². The first-order valence-corrected chi connectivity index (χ1v) is 11.8. The summed E-state index contributed by atoms with van der Waals surface area (Å²) in [6.45, 7) is 6.05. The molecule has 0 aromatic heterocycles. The van der Waals surface area contributed by atoms with Gasteiger partial charge in [-0.25, -0.2) is 9.59 Å². The third-order valence-electron chi connectivity index (χ3n) is 6.73. The van der Waals surface area contributed by atoms with E-state index >= 15 is 0 Å². The van der Waals surface area contributed by atoms with E-state index in [9.17, 15) is 14.4 Å². The number of Topliss-reactive ketones (excluding diaryl/α,β-unsaturated/α-hetero) is 1. The van der Waals surface area contributed by atoms with E-state index in [-0.39, 0.29) is 34.3 Å². The Balaban J connectivity index is 2.11. The number of methoxy groups -OCH3 is 3. The van der Waals surface area contributed by atoms with E-state index < -0.39 is 18.0 Å². The van der Waals surface area contributed by atoms with Crippen LogP contribution >= 0.6 is 0 Å². The molecule has 7 heteroatoms. The number of benzene rings is 2. The summed E-state index contributed by atoms with van der Waals surface area (Å²) in [7, 11) is 4.09. The molecule has 1 unspecified atom stereocenters. The molecular weight excluding hydrogens is 458 g/mol. The summed E-state index contributed by atoms with van der Waals surface area (Å²) in [5.41, 5.74) is 3.23. The normalized spacial score (nSPS) is 19.1. The highest BCUT2D eigenvalue weighted by Crippen LogP contribution is 2.51. The van der Waals surface area contributed by atoms with Gasteiger partial charge in [-0.2, -0.15) is 0 Å². The Hall–Kier alpha value is -3.87. The minimum absolute atomic E-state index is 0.0240. The molecular formula is C29H31NO6. The fraction of sp³-hybridized carbons (Fsp3) is 0.345. The molecule has 4 rings (SSSR count). The summed E-state index contributed by atoms with van der Waals surface area (Å²) >= 11 is 0. The van der Waals surface area contributed by atoms with Crippen LogP contribution in [0, 0.1) is 12.3 Å². The second-order valence-electron chi connectivity index (χ2n) is 9.92. The molecule has 0 amide bonds. The van der Waals surface area contributed by atoms with Crippen molar-refractivity contribution in [3.05, 3.63) is 82.1 Å². The number of carbonyl (C=O) groups excluding carboxylic acids is 3. The minimum atomic E-state index is -0.738. The number of anilines is 1. The maximum absolute atomic E-state index is 13.6. The molecule has 7 nitrogen and oxygen atoms in total. The number of esters is 2. The van der Waals surface area contributed by atoms with Crippen LogP contribution in [0.2, 0.25) is 0 Å². The number of carbonyl (C=O) groups is 3. The average molecular weight is 490 g/mol. The van der Waals surface area contributed by atoms with Crippen molar-refractivity contribution in [1.29, 1.82) is 0 Å². The van der Waals surface area contributed by atoms with Gasteiger partial charge in [-0.3, -0.25) is 4.79 Å². The largest absolute Gasteiger partial charge is 0.497 e. The molecule has 2 aromatic carbocycles. The molecule has 0 radical (unpaired) electrons. The first-order chi connectivity index (χ1) is 17.1. The average Bonchev–Trinajstić information content (AvgIpc) is 2.86. The Kier molecular flexibility index (Phi) is 6.76. The Labute approximate surface area is 211 Å². The number of nitrogens with zero attached hydrogens (tertiary/aromatic N) is 1. The minimum Gasteiger partial charge on any atom is -0.497 e. The SMILES string of the molecule is COC(=O)C1=C(C(=O)OC)C(c2ccc(OC)cc2)N(c2ccc(C)cc2)C2=C1C(=O)CC(C)(C)C2. The summed E-state index contributed by atoms with van der Waals surface area (Å²) in [4.78, 5) is 42.2. The third kappa shape index (κ3) is 4.41. The molecule has 0 saturated carbocycles. The van der Waals surface area contributed by atoms with Crippen LogP contribution in [-0.2, 0) is 23.9 Å². The van der Waals surface area contributed by atoms with E-state index in [1.54, 1.807) is 19.2 Å². The third-order valence-corrected chi connectivity index (χ3v) is 6.73. The Morgan fingerprint density at radius 1 is 0.889 bits per heavy atom. The van der Waals surface area contributed by atoms with Crippen molar-refractivity contribution in [2.75, 3.05) is 26.2 Å². The smallest absolute Gasteiger partial charge is 0.339 e. The quantitative estimate of drug-likeness (QED) is 0.555. The van der Waals surface area contributed by atoms with Crippen LogP contribution in [0.1, 0.15) is 43.9 Å². The Morgan fingerprint density at radius 3 is 2.06 bits per heavy atom. The van der Waals surface area contributed by atoms with Gasteiger partial charge in [-0.15, -0.1) is 0 Å². The number of allylic oxidation sites excluding steroid dienone is 1. The lowest BCUT2D eigenvalue weighted by Crippen LogP contribution is -2.44. The second-order valence-corrected chi connectivity index (χ2v) is 9.92. The van der Waals surface area contributed by atoms with Crippen molar-refractivity contribution < 1.29 is 28.6 Å². The van der Waals surface area contributed by atoms with E-state index in [1.807, 2.05) is 62.1 Å². The van der Waals surface area contributed by atoms with Crippen molar-refractivity contribution in [2.24, 2.45) is 5.41 Å². The summed E-state index contributed by atoms with van der Waals surface area (Å²) in [6, 6.07) is 14.4. The maximum atomic E-state index is 13.6. The van der Waals surface area contributed by atoms with Gasteiger partial charge < -0.3 is 19.1 Å². The number of ether oxygens (including phenoxy) is 3. The van der Waals surface area contributed by atoms with Gasteiger partial charge in [-0.05, 0) is 48.6 Å². The zero-order chi connectivity index (χ0) is 26.2. The molecule has 1 heterocycles. The van der Waals surface area contributed by atoms with Gasteiger partial charge in [-0.1, -0.05) is 43.7 Å². The standard InChI is InChI=1S/C29H31NO6/c1-17-7-11-19(12-8-17)30-21-15-29(2,3)16-22(31)23(21)24(27(32)35-5)25(28(33)36-6)26(30)18-9-13-20(34-4)14-10-18/h7-14,26H,15-16H2,1-6H3. The molecule has 0 fully saturated rings. The van der Waals surface area contributed by atoms with Crippen LogP contribution in [0.5, 0.6) is 5.75 Å². The zero-order valence-electron chi connectivity index (χ0n) is 21.5. The van der Waals surface area contributed by atoms with E-state index in [0.717, 1.165) is 16.8 Å². The maximum Gasteiger partial charge on any atom is 0.339 e.